The Bertz CT molecular complexity index is 1280. The van der Waals surface area contributed by atoms with Gasteiger partial charge in [0, 0.05) is 13.0 Å². The molecule has 1 aliphatic carbocycles. The third-order valence-corrected chi connectivity index (χ3v) is 6.52. The number of ether oxygens (including phenoxy) is 1. The predicted octanol–water partition coefficient (Wildman–Crippen LogP) is -1.69. The van der Waals surface area contributed by atoms with Gasteiger partial charge in [0.05, 0.1) is 18.5 Å². The van der Waals surface area contributed by atoms with Gasteiger partial charge in [-0.3, -0.25) is 4.57 Å². The molecule has 33 heavy (non-hydrogen) atoms. The molecular weight excluding hydrogens is 454 g/mol. The molecule has 1 aliphatic heterocycles. The molecular formula is C19H23N7O6S. The highest BCUT2D eigenvalue weighted by Gasteiger charge is 2.44. The van der Waals surface area contributed by atoms with Crippen molar-refractivity contribution in [2.24, 2.45) is 5.14 Å². The number of hydrogen-bond donors (Lipinski definition) is 6. The van der Waals surface area contributed by atoms with Crippen LogP contribution in [0.2, 0.25) is 0 Å². The molecule has 0 amide bonds. The van der Waals surface area contributed by atoms with E-state index in [1.807, 2.05) is 29.0 Å². The van der Waals surface area contributed by atoms with Gasteiger partial charge in [-0.2, -0.15) is 13.1 Å². The molecule has 2 aliphatic rings. The van der Waals surface area contributed by atoms with Gasteiger partial charge in [0.25, 0.3) is 10.2 Å². The Hall–Kier alpha value is -2.72. The van der Waals surface area contributed by atoms with Gasteiger partial charge in [-0.25, -0.2) is 20.1 Å². The van der Waals surface area contributed by atoms with E-state index in [1.165, 1.54) is 17.2 Å². The van der Waals surface area contributed by atoms with Crippen molar-refractivity contribution in [3.05, 3.63) is 48.0 Å². The van der Waals surface area contributed by atoms with Crippen LogP contribution < -0.4 is 15.2 Å². The maximum absolute atomic E-state index is 11.2. The normalized spacial score (nSPS) is 29.5. The number of benzene rings is 1. The highest BCUT2D eigenvalue weighted by molar-refractivity contribution is 7.87. The van der Waals surface area contributed by atoms with Gasteiger partial charge in [0.2, 0.25) is 0 Å². The molecule has 13 nitrogen and oxygen atoms in total. The summed E-state index contributed by atoms with van der Waals surface area (Å²) in [7, 11) is -3.99. The van der Waals surface area contributed by atoms with Crippen molar-refractivity contribution in [1.29, 1.82) is 0 Å². The second-order valence-corrected chi connectivity index (χ2v) is 9.46. The highest BCUT2D eigenvalue weighted by Crippen LogP contribution is 2.36. The number of hydrogen-bond acceptors (Lipinski definition) is 10. The molecule has 6 atom stereocenters. The van der Waals surface area contributed by atoms with Crippen LogP contribution >= 0.6 is 0 Å². The van der Waals surface area contributed by atoms with E-state index in [9.17, 15) is 23.7 Å². The molecule has 1 fully saturated rings. The lowest BCUT2D eigenvalue weighted by molar-refractivity contribution is -0.0330. The van der Waals surface area contributed by atoms with Crippen molar-refractivity contribution in [3.8, 4) is 0 Å². The quantitative estimate of drug-likeness (QED) is 0.238. The summed E-state index contributed by atoms with van der Waals surface area (Å²) in [4.78, 5) is 12.9. The van der Waals surface area contributed by atoms with Gasteiger partial charge in [0.1, 0.15) is 24.6 Å². The van der Waals surface area contributed by atoms with Crippen molar-refractivity contribution in [2.75, 3.05) is 11.9 Å². The maximum atomic E-state index is 11.2. The number of aliphatic hydroxyl groups is 3. The number of aliphatic hydroxyl groups excluding tert-OH is 3. The second-order valence-electron chi connectivity index (χ2n) is 8.08. The minimum atomic E-state index is -3.99. The summed E-state index contributed by atoms with van der Waals surface area (Å²) < 4.78 is 31.5. The Morgan fingerprint density at radius 1 is 1.15 bits per heavy atom. The van der Waals surface area contributed by atoms with Crippen LogP contribution in [-0.4, -0.2) is 74.2 Å². The fourth-order valence-electron chi connectivity index (χ4n) is 4.36. The molecule has 0 saturated carbocycles. The summed E-state index contributed by atoms with van der Waals surface area (Å²) in [5.41, 5.74) is 2.73. The van der Waals surface area contributed by atoms with Crippen LogP contribution in [0.5, 0.6) is 0 Å². The van der Waals surface area contributed by atoms with Crippen molar-refractivity contribution in [2.45, 2.75) is 43.1 Å². The molecule has 1 aromatic carbocycles. The zero-order valence-electron chi connectivity index (χ0n) is 17.2. The van der Waals surface area contributed by atoms with E-state index < -0.39 is 40.9 Å². The molecule has 0 unspecified atom stereocenters. The average Bonchev–Trinajstić information content (AvgIpc) is 3.42. The zero-order valence-corrected chi connectivity index (χ0v) is 18.0. The van der Waals surface area contributed by atoms with Gasteiger partial charge >= 0.3 is 0 Å². The van der Waals surface area contributed by atoms with E-state index >= 15 is 0 Å². The van der Waals surface area contributed by atoms with Crippen LogP contribution in [0.4, 0.5) is 5.82 Å². The van der Waals surface area contributed by atoms with Crippen LogP contribution in [0.3, 0.4) is 0 Å². The van der Waals surface area contributed by atoms with Crippen molar-refractivity contribution >= 4 is 27.2 Å². The van der Waals surface area contributed by atoms with Gasteiger partial charge in [-0.1, -0.05) is 24.3 Å². The molecule has 14 heteroatoms. The number of nitrogens with two attached hydrogens (primary N) is 1. The number of rotatable bonds is 6. The minimum Gasteiger partial charge on any atom is -0.390 e. The number of aromatic nitrogens is 4. The molecule has 2 aromatic heterocycles. The molecule has 0 bridgehead atoms. The Kier molecular flexibility index (Phi) is 5.52. The molecule has 0 radical (unpaired) electrons. The first-order valence-electron chi connectivity index (χ1n) is 10.2. The molecule has 0 spiro atoms. The molecule has 3 heterocycles. The molecule has 1 saturated heterocycles. The van der Waals surface area contributed by atoms with Gasteiger partial charge in [-0.15, -0.1) is 0 Å². The summed E-state index contributed by atoms with van der Waals surface area (Å²) in [6.45, 7) is -0.318. The van der Waals surface area contributed by atoms with Gasteiger partial charge in [-0.05, 0) is 11.1 Å². The largest absolute Gasteiger partial charge is 0.390 e. The first-order valence-corrected chi connectivity index (χ1v) is 11.8. The number of nitrogens with zero attached hydrogens (tertiary/aromatic N) is 4. The van der Waals surface area contributed by atoms with Crippen LogP contribution in [0.1, 0.15) is 23.4 Å². The van der Waals surface area contributed by atoms with Crippen molar-refractivity contribution in [3.63, 3.8) is 0 Å². The van der Waals surface area contributed by atoms with Crippen LogP contribution in [0.25, 0.3) is 11.2 Å². The molecule has 5 rings (SSSR count). The summed E-state index contributed by atoms with van der Waals surface area (Å²) in [5, 5.41) is 39.5. The Morgan fingerprint density at radius 2 is 1.94 bits per heavy atom. The maximum Gasteiger partial charge on any atom is 0.274 e. The summed E-state index contributed by atoms with van der Waals surface area (Å²) in [6.07, 6.45) is -2.27. The first kappa shape index (κ1) is 22.1. The minimum absolute atomic E-state index is 0.318. The van der Waals surface area contributed by atoms with E-state index in [0.717, 1.165) is 11.1 Å². The number of anilines is 1. The monoisotopic (exact) mass is 477 g/mol. The average molecular weight is 478 g/mol. The zero-order chi connectivity index (χ0) is 23.3. The summed E-state index contributed by atoms with van der Waals surface area (Å²) >= 11 is 0. The van der Waals surface area contributed by atoms with E-state index in [2.05, 4.69) is 20.3 Å². The van der Waals surface area contributed by atoms with Gasteiger partial charge < -0.3 is 25.4 Å². The van der Waals surface area contributed by atoms with Crippen LogP contribution in [0.15, 0.2) is 36.9 Å². The van der Waals surface area contributed by atoms with Crippen LogP contribution in [0, 0.1) is 0 Å². The number of fused-ring (bicyclic) bond motifs is 2. The third-order valence-electron chi connectivity index (χ3n) is 5.95. The topological polar surface area (TPSA) is 198 Å². The van der Waals surface area contributed by atoms with E-state index in [0.29, 0.717) is 23.4 Å². The standard InChI is InChI=1S/C19H23N7O6S/c20-33(30,31)24-6-12-15(28)16(29)19(32-12)26-8-23-14-17(21-7-22-18(14)26)25-13-10-4-2-1-3-9(10)5-11(13)27/h1-4,7-8,11-13,15-16,19,24,27-29H,5-6H2,(H2,20,30,31)(H,21,22,25)/t11-,12+,13+,15+,16+,19+/m0/s1. The van der Waals surface area contributed by atoms with E-state index in [1.54, 1.807) is 0 Å². The number of nitrogens with one attached hydrogen (secondary N) is 2. The first-order chi connectivity index (χ1) is 15.7. The SMILES string of the molecule is NS(=O)(=O)NC[C@H]1O[C@@H](n2cnc3c(N[C@@H]4c5ccccc5C[C@@H]4O)ncnc32)[C@H](O)[C@@H]1O. The lowest BCUT2D eigenvalue weighted by Crippen LogP contribution is -2.42. The fraction of sp³-hybridized carbons (Fsp3) is 0.421. The Labute approximate surface area is 188 Å². The summed E-state index contributed by atoms with van der Waals surface area (Å²) in [6, 6.07) is 7.36. The second kappa shape index (κ2) is 8.25. The fourth-order valence-corrected chi connectivity index (χ4v) is 4.76. The third kappa shape index (κ3) is 4.06. The molecule has 176 valence electrons. The van der Waals surface area contributed by atoms with Crippen LogP contribution in [-0.2, 0) is 21.4 Å². The molecule has 7 N–H and O–H groups in total. The van der Waals surface area contributed by atoms with Gasteiger partial charge in [0.15, 0.2) is 23.2 Å². The molecule has 3 aromatic rings. The highest BCUT2D eigenvalue weighted by atomic mass is 32.2. The lowest BCUT2D eigenvalue weighted by atomic mass is 10.1. The van der Waals surface area contributed by atoms with Crippen molar-refractivity contribution < 1.29 is 28.5 Å². The van der Waals surface area contributed by atoms with E-state index in [-0.39, 0.29) is 12.6 Å². The summed E-state index contributed by atoms with van der Waals surface area (Å²) in [5.74, 6) is 0.389. The van der Waals surface area contributed by atoms with Crippen molar-refractivity contribution in [1.82, 2.24) is 24.2 Å². The smallest absolute Gasteiger partial charge is 0.274 e. The predicted molar refractivity (Wildman–Crippen MR) is 115 cm³/mol. The Balaban J connectivity index is 1.41. The number of imidazole rings is 1. The lowest BCUT2D eigenvalue weighted by Gasteiger charge is -2.19. The Morgan fingerprint density at radius 3 is 2.73 bits per heavy atom. The van der Waals surface area contributed by atoms with E-state index in [4.69, 9.17) is 9.88 Å².